The topological polar surface area (TPSA) is 55.1 Å². The van der Waals surface area contributed by atoms with Crippen LogP contribution >= 0.6 is 12.2 Å². The van der Waals surface area contributed by atoms with Gasteiger partial charge in [-0.1, -0.05) is 36.0 Å². The van der Waals surface area contributed by atoms with Gasteiger partial charge in [0.05, 0.1) is 0 Å². The second-order valence-electron chi connectivity index (χ2n) is 5.72. The van der Waals surface area contributed by atoms with Crippen molar-refractivity contribution in [2.24, 2.45) is 0 Å². The van der Waals surface area contributed by atoms with Crippen molar-refractivity contribution < 1.29 is 9.90 Å². The second-order valence-corrected chi connectivity index (χ2v) is 6.11. The monoisotopic (exact) mass is 314 g/mol. The van der Waals surface area contributed by atoms with E-state index in [4.69, 9.17) is 12.2 Å². The van der Waals surface area contributed by atoms with E-state index in [1.165, 1.54) is 0 Å². The molecule has 114 valence electrons. The molecule has 0 fully saturated rings. The number of rotatable bonds is 3. The third-order valence-electron chi connectivity index (χ3n) is 4.06. The van der Waals surface area contributed by atoms with Crippen LogP contribution in [0.3, 0.4) is 0 Å². The SMILES string of the molecule is Cc1cccc(-c2nc(=S)c3c(n2CC(=O)O)CCCC3)c1. The maximum Gasteiger partial charge on any atom is 0.323 e. The van der Waals surface area contributed by atoms with Crippen molar-refractivity contribution in [3.05, 3.63) is 45.7 Å². The van der Waals surface area contributed by atoms with Crippen LogP contribution in [0.4, 0.5) is 0 Å². The van der Waals surface area contributed by atoms with E-state index in [1.54, 1.807) is 0 Å². The van der Waals surface area contributed by atoms with Gasteiger partial charge in [-0.2, -0.15) is 0 Å². The molecule has 4 nitrogen and oxygen atoms in total. The van der Waals surface area contributed by atoms with Crippen LogP contribution < -0.4 is 0 Å². The van der Waals surface area contributed by atoms with Gasteiger partial charge in [0.25, 0.3) is 0 Å². The Hall–Kier alpha value is -2.01. The molecule has 22 heavy (non-hydrogen) atoms. The van der Waals surface area contributed by atoms with Crippen molar-refractivity contribution in [2.45, 2.75) is 39.2 Å². The summed E-state index contributed by atoms with van der Waals surface area (Å²) < 4.78 is 2.45. The van der Waals surface area contributed by atoms with Crippen LogP contribution in [0.2, 0.25) is 0 Å². The van der Waals surface area contributed by atoms with E-state index in [9.17, 15) is 9.90 Å². The normalized spacial score (nSPS) is 13.7. The van der Waals surface area contributed by atoms with Crippen LogP contribution in [0, 0.1) is 11.6 Å². The largest absolute Gasteiger partial charge is 0.480 e. The number of fused-ring (bicyclic) bond motifs is 1. The van der Waals surface area contributed by atoms with Crippen molar-refractivity contribution in [3.63, 3.8) is 0 Å². The number of aliphatic carboxylic acids is 1. The Labute approximate surface area is 134 Å². The van der Waals surface area contributed by atoms with E-state index >= 15 is 0 Å². The highest BCUT2D eigenvalue weighted by molar-refractivity contribution is 7.71. The number of carboxylic acids is 1. The molecule has 1 aliphatic carbocycles. The van der Waals surface area contributed by atoms with Crippen LogP contribution in [0.1, 0.15) is 29.7 Å². The van der Waals surface area contributed by atoms with Crippen molar-refractivity contribution in [1.82, 2.24) is 9.55 Å². The Morgan fingerprint density at radius 3 is 2.86 bits per heavy atom. The van der Waals surface area contributed by atoms with Gasteiger partial charge in [-0.3, -0.25) is 4.79 Å². The van der Waals surface area contributed by atoms with Crippen molar-refractivity contribution >= 4 is 18.2 Å². The van der Waals surface area contributed by atoms with Gasteiger partial charge >= 0.3 is 5.97 Å². The molecule has 5 heteroatoms. The molecule has 0 bridgehead atoms. The lowest BCUT2D eigenvalue weighted by Gasteiger charge is -2.23. The lowest BCUT2D eigenvalue weighted by molar-refractivity contribution is -0.137. The molecule has 0 radical (unpaired) electrons. The van der Waals surface area contributed by atoms with E-state index in [0.29, 0.717) is 10.5 Å². The molecular formula is C17H18N2O2S. The second kappa shape index (κ2) is 6.01. The maximum absolute atomic E-state index is 11.3. The van der Waals surface area contributed by atoms with Crippen LogP contribution in [-0.2, 0) is 24.2 Å². The average Bonchev–Trinajstić information content (AvgIpc) is 2.49. The van der Waals surface area contributed by atoms with Gasteiger partial charge in [-0.25, -0.2) is 4.98 Å². The predicted molar refractivity (Wildman–Crippen MR) is 87.5 cm³/mol. The zero-order chi connectivity index (χ0) is 15.7. The van der Waals surface area contributed by atoms with Crippen molar-refractivity contribution in [2.75, 3.05) is 0 Å². The number of aryl methyl sites for hydroxylation is 1. The molecule has 0 aliphatic heterocycles. The predicted octanol–water partition coefficient (Wildman–Crippen LogP) is 3.55. The number of benzene rings is 1. The van der Waals surface area contributed by atoms with Crippen LogP contribution in [0.5, 0.6) is 0 Å². The summed E-state index contributed by atoms with van der Waals surface area (Å²) >= 11 is 5.46. The molecule has 0 amide bonds. The fraction of sp³-hybridized carbons (Fsp3) is 0.353. The van der Waals surface area contributed by atoms with Gasteiger partial charge in [-0.05, 0) is 38.7 Å². The summed E-state index contributed by atoms with van der Waals surface area (Å²) in [7, 11) is 0. The zero-order valence-corrected chi connectivity index (χ0v) is 13.3. The molecule has 1 aromatic heterocycles. The fourth-order valence-electron chi connectivity index (χ4n) is 3.08. The molecule has 0 spiro atoms. The number of carboxylic acid groups (broad SMARTS) is 1. The molecule has 2 aromatic rings. The fourth-order valence-corrected chi connectivity index (χ4v) is 3.39. The number of hydrogen-bond donors (Lipinski definition) is 1. The van der Waals surface area contributed by atoms with Crippen LogP contribution in [0.25, 0.3) is 11.4 Å². The molecule has 1 heterocycles. The summed E-state index contributed by atoms with van der Waals surface area (Å²) in [6, 6.07) is 7.94. The van der Waals surface area contributed by atoms with Crippen molar-refractivity contribution in [1.29, 1.82) is 0 Å². The summed E-state index contributed by atoms with van der Waals surface area (Å²) in [6.45, 7) is 1.94. The summed E-state index contributed by atoms with van der Waals surface area (Å²) in [4.78, 5) is 15.9. The van der Waals surface area contributed by atoms with Gasteiger partial charge in [0.1, 0.15) is 17.0 Å². The van der Waals surface area contributed by atoms with Crippen LogP contribution in [-0.4, -0.2) is 20.6 Å². The minimum absolute atomic E-state index is 0.0752. The lowest BCUT2D eigenvalue weighted by Crippen LogP contribution is -2.21. The highest BCUT2D eigenvalue weighted by Crippen LogP contribution is 2.27. The first-order chi connectivity index (χ1) is 10.6. The average molecular weight is 314 g/mol. The van der Waals surface area contributed by atoms with Gasteiger partial charge in [0, 0.05) is 16.8 Å². The molecule has 1 N–H and O–H groups in total. The summed E-state index contributed by atoms with van der Waals surface area (Å²) in [5, 5.41) is 9.29. The Morgan fingerprint density at radius 2 is 2.14 bits per heavy atom. The summed E-state index contributed by atoms with van der Waals surface area (Å²) in [5.74, 6) is -0.192. The quantitative estimate of drug-likeness (QED) is 0.880. The Balaban J connectivity index is 2.26. The molecule has 0 saturated heterocycles. The lowest BCUT2D eigenvalue weighted by atomic mass is 9.96. The minimum atomic E-state index is -0.856. The molecule has 0 unspecified atom stereocenters. The van der Waals surface area contributed by atoms with Gasteiger partial charge in [0.2, 0.25) is 0 Å². The smallest absolute Gasteiger partial charge is 0.323 e. The molecular weight excluding hydrogens is 296 g/mol. The molecule has 3 rings (SSSR count). The van der Waals surface area contributed by atoms with E-state index < -0.39 is 5.97 Å². The van der Waals surface area contributed by atoms with E-state index in [1.807, 2.05) is 35.8 Å². The molecule has 0 saturated carbocycles. The maximum atomic E-state index is 11.3. The van der Waals surface area contributed by atoms with Crippen LogP contribution in [0.15, 0.2) is 24.3 Å². The third-order valence-corrected chi connectivity index (χ3v) is 4.39. The Kier molecular flexibility index (Phi) is 4.07. The first-order valence-electron chi connectivity index (χ1n) is 7.47. The molecule has 1 aromatic carbocycles. The van der Waals surface area contributed by atoms with E-state index in [-0.39, 0.29) is 6.54 Å². The van der Waals surface area contributed by atoms with Gasteiger partial charge in [0.15, 0.2) is 0 Å². The zero-order valence-electron chi connectivity index (χ0n) is 12.5. The first-order valence-corrected chi connectivity index (χ1v) is 7.88. The van der Waals surface area contributed by atoms with E-state index in [2.05, 4.69) is 4.98 Å². The third kappa shape index (κ3) is 2.81. The highest BCUT2D eigenvalue weighted by Gasteiger charge is 2.20. The van der Waals surface area contributed by atoms with Gasteiger partial charge < -0.3 is 9.67 Å². The van der Waals surface area contributed by atoms with Gasteiger partial charge in [-0.15, -0.1) is 0 Å². The standard InChI is InChI=1S/C17H18N2O2S/c1-11-5-4-6-12(9-11)16-18-17(22)13-7-2-3-8-14(13)19(16)10-15(20)21/h4-6,9H,2-3,7-8,10H2,1H3,(H,20,21). The van der Waals surface area contributed by atoms with E-state index in [0.717, 1.165) is 48.1 Å². The van der Waals surface area contributed by atoms with Crippen molar-refractivity contribution in [3.8, 4) is 11.4 Å². The summed E-state index contributed by atoms with van der Waals surface area (Å²) in [5.41, 5.74) is 4.13. The first kappa shape index (κ1) is 14.9. The number of nitrogens with zero attached hydrogens (tertiary/aromatic N) is 2. The minimum Gasteiger partial charge on any atom is -0.480 e. The summed E-state index contributed by atoms with van der Waals surface area (Å²) in [6.07, 6.45) is 3.93. The Morgan fingerprint density at radius 1 is 1.36 bits per heavy atom. The molecule has 0 atom stereocenters. The number of carbonyl (C=O) groups is 1. The highest BCUT2D eigenvalue weighted by atomic mass is 32.1. The number of hydrogen-bond acceptors (Lipinski definition) is 3. The Bertz CT molecular complexity index is 796. The molecule has 1 aliphatic rings. The number of aromatic nitrogens is 2.